The Labute approximate surface area is 105 Å². The molecule has 0 unspecified atom stereocenters. The van der Waals surface area contributed by atoms with Crippen molar-refractivity contribution in [3.8, 4) is 23.0 Å². The van der Waals surface area contributed by atoms with Crippen molar-refractivity contribution < 1.29 is 19.7 Å². The van der Waals surface area contributed by atoms with Crippen molar-refractivity contribution >= 4 is 0 Å². The second-order valence-corrected chi connectivity index (χ2v) is 3.68. The summed E-state index contributed by atoms with van der Waals surface area (Å²) >= 11 is 0. The minimum Gasteiger partial charge on any atom is -0.508 e. The molecule has 2 N–H and O–H groups in total. The fourth-order valence-corrected chi connectivity index (χ4v) is 1.40. The maximum atomic E-state index is 9.10. The van der Waals surface area contributed by atoms with Crippen LogP contribution in [0.1, 0.15) is 0 Å². The van der Waals surface area contributed by atoms with Crippen LogP contribution in [0.15, 0.2) is 48.5 Å². The van der Waals surface area contributed by atoms with Gasteiger partial charge in [-0.2, -0.15) is 0 Å². The molecule has 2 rings (SSSR count). The van der Waals surface area contributed by atoms with Gasteiger partial charge >= 0.3 is 0 Å². The van der Waals surface area contributed by atoms with Crippen molar-refractivity contribution in [3.63, 3.8) is 0 Å². The Hall–Kier alpha value is -2.36. The number of hydrogen-bond donors (Lipinski definition) is 2. The molecule has 0 aromatic heterocycles. The number of phenols is 2. The predicted molar refractivity (Wildman–Crippen MR) is 67.2 cm³/mol. The maximum absolute atomic E-state index is 9.10. The quantitative estimate of drug-likeness (QED) is 0.796. The molecule has 0 aliphatic heterocycles. The Balaban J connectivity index is 1.73. The molecule has 0 saturated carbocycles. The molecule has 0 amide bonds. The van der Waals surface area contributed by atoms with E-state index in [2.05, 4.69) is 0 Å². The van der Waals surface area contributed by atoms with Gasteiger partial charge in [0.05, 0.1) is 0 Å². The maximum Gasteiger partial charge on any atom is 0.122 e. The highest BCUT2D eigenvalue weighted by Crippen LogP contribution is 2.17. The Morgan fingerprint density at radius 3 is 1.28 bits per heavy atom. The summed E-state index contributed by atoms with van der Waals surface area (Å²) in [4.78, 5) is 0. The third-order valence-corrected chi connectivity index (χ3v) is 2.29. The van der Waals surface area contributed by atoms with Gasteiger partial charge in [-0.3, -0.25) is 0 Å². The van der Waals surface area contributed by atoms with Gasteiger partial charge in [0.2, 0.25) is 0 Å². The van der Waals surface area contributed by atoms with Crippen molar-refractivity contribution in [2.24, 2.45) is 0 Å². The van der Waals surface area contributed by atoms with E-state index in [1.54, 1.807) is 48.5 Å². The van der Waals surface area contributed by atoms with E-state index in [1.165, 1.54) is 0 Å². The summed E-state index contributed by atoms with van der Waals surface area (Å²) < 4.78 is 10.8. The van der Waals surface area contributed by atoms with Crippen molar-refractivity contribution in [2.75, 3.05) is 13.2 Å². The van der Waals surface area contributed by atoms with Crippen LogP contribution in [-0.4, -0.2) is 23.4 Å². The van der Waals surface area contributed by atoms with E-state index in [0.717, 1.165) is 0 Å². The van der Waals surface area contributed by atoms with Crippen LogP contribution in [0.25, 0.3) is 0 Å². The Kier molecular flexibility index (Phi) is 3.91. The smallest absolute Gasteiger partial charge is 0.122 e. The summed E-state index contributed by atoms with van der Waals surface area (Å²) in [5, 5.41) is 18.2. The Bertz CT molecular complexity index is 429. The molecule has 2 aromatic carbocycles. The van der Waals surface area contributed by atoms with Crippen molar-refractivity contribution in [1.82, 2.24) is 0 Å². The molecule has 18 heavy (non-hydrogen) atoms. The van der Waals surface area contributed by atoms with E-state index in [0.29, 0.717) is 24.7 Å². The van der Waals surface area contributed by atoms with E-state index in [-0.39, 0.29) is 11.5 Å². The third kappa shape index (κ3) is 3.59. The molecule has 4 heteroatoms. The Morgan fingerprint density at radius 2 is 0.944 bits per heavy atom. The van der Waals surface area contributed by atoms with Crippen LogP contribution in [-0.2, 0) is 0 Å². The van der Waals surface area contributed by atoms with Gasteiger partial charge in [-0.1, -0.05) is 0 Å². The first kappa shape index (κ1) is 12.1. The van der Waals surface area contributed by atoms with Crippen LogP contribution >= 0.6 is 0 Å². The van der Waals surface area contributed by atoms with Crippen molar-refractivity contribution in [3.05, 3.63) is 48.5 Å². The van der Waals surface area contributed by atoms with Gasteiger partial charge in [0.1, 0.15) is 36.2 Å². The minimum atomic E-state index is 0.211. The lowest BCUT2D eigenvalue weighted by Gasteiger charge is -2.08. The first-order valence-corrected chi connectivity index (χ1v) is 5.58. The van der Waals surface area contributed by atoms with E-state index < -0.39 is 0 Å². The van der Waals surface area contributed by atoms with Crippen LogP contribution in [0.4, 0.5) is 0 Å². The van der Waals surface area contributed by atoms with Crippen LogP contribution in [0, 0.1) is 0 Å². The first-order valence-electron chi connectivity index (χ1n) is 5.58. The molecule has 0 aliphatic rings. The molecule has 4 nitrogen and oxygen atoms in total. The number of benzene rings is 2. The average molecular weight is 246 g/mol. The molecule has 0 radical (unpaired) electrons. The van der Waals surface area contributed by atoms with Crippen LogP contribution in [0.3, 0.4) is 0 Å². The van der Waals surface area contributed by atoms with Crippen molar-refractivity contribution in [1.29, 1.82) is 0 Å². The summed E-state index contributed by atoms with van der Waals surface area (Å²) in [5.74, 6) is 1.79. The standard InChI is InChI=1S/C14H14O4/c15-11-1-5-13(6-2-11)17-9-10-18-14-7-3-12(16)4-8-14/h1-8,15-16H,9-10H2. The lowest BCUT2D eigenvalue weighted by molar-refractivity contribution is 0.217. The summed E-state index contributed by atoms with van der Waals surface area (Å²) in [5.41, 5.74) is 0. The minimum absolute atomic E-state index is 0.211. The largest absolute Gasteiger partial charge is 0.508 e. The molecular formula is C14H14O4. The van der Waals surface area contributed by atoms with Crippen LogP contribution in [0.2, 0.25) is 0 Å². The highest BCUT2D eigenvalue weighted by molar-refractivity contribution is 5.31. The molecule has 0 saturated heterocycles. The zero-order chi connectivity index (χ0) is 12.8. The van der Waals surface area contributed by atoms with Crippen LogP contribution in [0.5, 0.6) is 23.0 Å². The van der Waals surface area contributed by atoms with Gasteiger partial charge in [-0.25, -0.2) is 0 Å². The normalized spacial score (nSPS) is 10.0. The number of phenolic OH excluding ortho intramolecular Hbond substituents is 2. The highest BCUT2D eigenvalue weighted by Gasteiger charge is 1.96. The molecule has 0 spiro atoms. The molecule has 2 aromatic rings. The number of ether oxygens (including phenoxy) is 2. The fraction of sp³-hybridized carbons (Fsp3) is 0.143. The molecule has 0 bridgehead atoms. The molecule has 0 atom stereocenters. The molecule has 0 aliphatic carbocycles. The first-order chi connectivity index (χ1) is 8.74. The highest BCUT2D eigenvalue weighted by atomic mass is 16.5. The van der Waals surface area contributed by atoms with E-state index in [4.69, 9.17) is 19.7 Å². The fourth-order valence-electron chi connectivity index (χ4n) is 1.40. The summed E-state index contributed by atoms with van der Waals surface area (Å²) in [6, 6.07) is 13.0. The van der Waals surface area contributed by atoms with E-state index in [9.17, 15) is 0 Å². The van der Waals surface area contributed by atoms with Gasteiger partial charge in [0, 0.05) is 0 Å². The predicted octanol–water partition coefficient (Wildman–Crippen LogP) is 2.56. The van der Waals surface area contributed by atoms with Gasteiger partial charge in [-0.05, 0) is 48.5 Å². The average Bonchev–Trinajstić information content (AvgIpc) is 2.39. The second-order valence-electron chi connectivity index (χ2n) is 3.68. The number of hydrogen-bond acceptors (Lipinski definition) is 4. The lowest BCUT2D eigenvalue weighted by Crippen LogP contribution is -2.08. The van der Waals surface area contributed by atoms with E-state index >= 15 is 0 Å². The molecule has 0 heterocycles. The van der Waals surface area contributed by atoms with Gasteiger partial charge < -0.3 is 19.7 Å². The third-order valence-electron chi connectivity index (χ3n) is 2.29. The van der Waals surface area contributed by atoms with Gasteiger partial charge in [-0.15, -0.1) is 0 Å². The zero-order valence-corrected chi connectivity index (χ0v) is 9.74. The molecule has 94 valence electrons. The lowest BCUT2D eigenvalue weighted by atomic mass is 10.3. The Morgan fingerprint density at radius 1 is 0.611 bits per heavy atom. The zero-order valence-electron chi connectivity index (χ0n) is 9.74. The number of aromatic hydroxyl groups is 2. The van der Waals surface area contributed by atoms with Crippen LogP contribution < -0.4 is 9.47 Å². The molecule has 0 fully saturated rings. The summed E-state index contributed by atoms with van der Waals surface area (Å²) in [6.07, 6.45) is 0. The summed E-state index contributed by atoms with van der Waals surface area (Å²) in [7, 11) is 0. The second kappa shape index (κ2) is 5.82. The SMILES string of the molecule is Oc1ccc(OCCOc2ccc(O)cc2)cc1. The van der Waals surface area contributed by atoms with E-state index in [1.807, 2.05) is 0 Å². The topological polar surface area (TPSA) is 58.9 Å². The van der Waals surface area contributed by atoms with Crippen molar-refractivity contribution in [2.45, 2.75) is 0 Å². The molecular weight excluding hydrogens is 232 g/mol. The van der Waals surface area contributed by atoms with Gasteiger partial charge in [0.25, 0.3) is 0 Å². The number of rotatable bonds is 5. The monoisotopic (exact) mass is 246 g/mol. The summed E-state index contributed by atoms with van der Waals surface area (Å²) in [6.45, 7) is 0.817. The van der Waals surface area contributed by atoms with Gasteiger partial charge in [0.15, 0.2) is 0 Å².